The zero-order valence-corrected chi connectivity index (χ0v) is 11.3. The summed E-state index contributed by atoms with van der Waals surface area (Å²) >= 11 is 5.93. The maximum absolute atomic E-state index is 5.98. The third-order valence-corrected chi connectivity index (χ3v) is 2.90. The highest BCUT2D eigenvalue weighted by Crippen LogP contribution is 2.23. The minimum absolute atomic E-state index is 0.116. The van der Waals surface area contributed by atoms with Crippen molar-refractivity contribution in [1.29, 1.82) is 0 Å². The summed E-state index contributed by atoms with van der Waals surface area (Å²) in [6.45, 7) is 7.13. The predicted molar refractivity (Wildman–Crippen MR) is 72.3 cm³/mol. The van der Waals surface area contributed by atoms with E-state index in [0.29, 0.717) is 0 Å². The molecule has 0 aliphatic carbocycles. The Labute approximate surface area is 103 Å². The Morgan fingerprint density at radius 3 is 2.50 bits per heavy atom. The van der Waals surface area contributed by atoms with Gasteiger partial charge in [-0.2, -0.15) is 0 Å². The summed E-state index contributed by atoms with van der Waals surface area (Å²) in [4.78, 5) is 2.22. The molecule has 0 fully saturated rings. The van der Waals surface area contributed by atoms with E-state index in [1.54, 1.807) is 0 Å². The molecular weight excluding hydrogens is 220 g/mol. The molecule has 2 N–H and O–H groups in total. The molecule has 0 heterocycles. The van der Waals surface area contributed by atoms with E-state index in [2.05, 4.69) is 38.8 Å². The first-order valence-electron chi connectivity index (χ1n) is 5.56. The number of benzene rings is 1. The van der Waals surface area contributed by atoms with Crippen molar-refractivity contribution in [3.63, 3.8) is 0 Å². The van der Waals surface area contributed by atoms with Crippen LogP contribution in [-0.2, 0) is 0 Å². The number of nitrogens with two attached hydrogens (primary N) is 1. The second kappa shape index (κ2) is 5.07. The molecule has 1 aromatic carbocycles. The standard InChI is InChI=1S/C13H21ClN2/c1-10-9-11(14)5-6-12(10)16(4)8-7-13(2,3)15/h5-6,9H,7-8,15H2,1-4H3. The Hall–Kier alpha value is -0.730. The summed E-state index contributed by atoms with van der Waals surface area (Å²) in [5.74, 6) is 0. The number of halogens is 1. The van der Waals surface area contributed by atoms with Gasteiger partial charge in [-0.15, -0.1) is 0 Å². The molecule has 0 amide bonds. The highest BCUT2D eigenvalue weighted by atomic mass is 35.5. The third kappa shape index (κ3) is 4.03. The minimum atomic E-state index is -0.116. The molecule has 0 aliphatic rings. The number of rotatable bonds is 4. The van der Waals surface area contributed by atoms with Crippen LogP contribution < -0.4 is 10.6 Å². The van der Waals surface area contributed by atoms with E-state index in [0.717, 1.165) is 18.0 Å². The van der Waals surface area contributed by atoms with Gasteiger partial charge in [-0.25, -0.2) is 0 Å². The van der Waals surface area contributed by atoms with E-state index < -0.39 is 0 Å². The summed E-state index contributed by atoms with van der Waals surface area (Å²) in [7, 11) is 2.09. The van der Waals surface area contributed by atoms with Gasteiger partial charge in [0.15, 0.2) is 0 Å². The van der Waals surface area contributed by atoms with Crippen LogP contribution in [0.3, 0.4) is 0 Å². The van der Waals surface area contributed by atoms with Gasteiger partial charge in [0, 0.05) is 29.8 Å². The predicted octanol–water partition coefficient (Wildman–Crippen LogP) is 3.21. The fourth-order valence-corrected chi connectivity index (χ4v) is 1.85. The SMILES string of the molecule is Cc1cc(Cl)ccc1N(C)CCC(C)(C)N. The van der Waals surface area contributed by atoms with Gasteiger partial charge in [0.25, 0.3) is 0 Å². The lowest BCUT2D eigenvalue weighted by atomic mass is 10.0. The van der Waals surface area contributed by atoms with E-state index in [9.17, 15) is 0 Å². The molecule has 0 aliphatic heterocycles. The lowest BCUT2D eigenvalue weighted by molar-refractivity contribution is 0.479. The van der Waals surface area contributed by atoms with Crippen molar-refractivity contribution in [2.75, 3.05) is 18.5 Å². The smallest absolute Gasteiger partial charge is 0.0410 e. The van der Waals surface area contributed by atoms with Crippen LogP contribution >= 0.6 is 11.6 Å². The lowest BCUT2D eigenvalue weighted by Crippen LogP contribution is -2.36. The normalized spacial score (nSPS) is 11.6. The first-order valence-corrected chi connectivity index (χ1v) is 5.93. The highest BCUT2D eigenvalue weighted by Gasteiger charge is 2.12. The van der Waals surface area contributed by atoms with Crippen LogP contribution in [0.2, 0.25) is 5.02 Å². The van der Waals surface area contributed by atoms with Crippen LogP contribution in [0.1, 0.15) is 25.8 Å². The molecule has 0 saturated carbocycles. The molecule has 90 valence electrons. The van der Waals surface area contributed by atoms with E-state index in [-0.39, 0.29) is 5.54 Å². The number of nitrogens with zero attached hydrogens (tertiary/aromatic N) is 1. The quantitative estimate of drug-likeness (QED) is 0.876. The van der Waals surface area contributed by atoms with Crippen LogP contribution in [-0.4, -0.2) is 19.1 Å². The van der Waals surface area contributed by atoms with Crippen molar-refractivity contribution < 1.29 is 0 Å². The first kappa shape index (κ1) is 13.3. The van der Waals surface area contributed by atoms with Gasteiger partial charge in [0.05, 0.1) is 0 Å². The fourth-order valence-electron chi connectivity index (χ4n) is 1.62. The van der Waals surface area contributed by atoms with Crippen molar-refractivity contribution in [2.45, 2.75) is 32.7 Å². The topological polar surface area (TPSA) is 29.3 Å². The van der Waals surface area contributed by atoms with Gasteiger partial charge < -0.3 is 10.6 Å². The van der Waals surface area contributed by atoms with Gasteiger partial charge in [-0.05, 0) is 51.0 Å². The Morgan fingerprint density at radius 1 is 1.38 bits per heavy atom. The Kier molecular flexibility index (Phi) is 4.22. The monoisotopic (exact) mass is 240 g/mol. The van der Waals surface area contributed by atoms with Gasteiger partial charge in [0.2, 0.25) is 0 Å². The highest BCUT2D eigenvalue weighted by molar-refractivity contribution is 6.30. The average molecular weight is 241 g/mol. The Balaban J connectivity index is 2.70. The second-order valence-electron chi connectivity index (χ2n) is 5.09. The molecule has 0 spiro atoms. The van der Waals surface area contributed by atoms with Gasteiger partial charge in [0.1, 0.15) is 0 Å². The summed E-state index contributed by atoms with van der Waals surface area (Å²) in [6.07, 6.45) is 0.964. The van der Waals surface area contributed by atoms with Crippen molar-refractivity contribution in [1.82, 2.24) is 0 Å². The zero-order valence-electron chi connectivity index (χ0n) is 10.5. The fraction of sp³-hybridized carbons (Fsp3) is 0.538. The molecule has 0 saturated heterocycles. The molecule has 1 aromatic rings. The van der Waals surface area contributed by atoms with E-state index >= 15 is 0 Å². The number of hydrogen-bond donors (Lipinski definition) is 1. The molecule has 3 heteroatoms. The zero-order chi connectivity index (χ0) is 12.3. The van der Waals surface area contributed by atoms with Crippen LogP contribution in [0.5, 0.6) is 0 Å². The van der Waals surface area contributed by atoms with Crippen molar-refractivity contribution >= 4 is 17.3 Å². The average Bonchev–Trinajstić information content (AvgIpc) is 2.13. The largest absolute Gasteiger partial charge is 0.374 e. The Morgan fingerprint density at radius 2 is 2.00 bits per heavy atom. The number of aryl methyl sites for hydroxylation is 1. The van der Waals surface area contributed by atoms with Gasteiger partial charge in [-0.3, -0.25) is 0 Å². The molecule has 0 bridgehead atoms. The summed E-state index contributed by atoms with van der Waals surface area (Å²) in [6, 6.07) is 5.97. The van der Waals surface area contributed by atoms with Crippen molar-refractivity contribution in [3.8, 4) is 0 Å². The van der Waals surface area contributed by atoms with Crippen LogP contribution in [0, 0.1) is 6.92 Å². The molecule has 2 nitrogen and oxygen atoms in total. The van der Waals surface area contributed by atoms with Crippen LogP contribution in [0.4, 0.5) is 5.69 Å². The van der Waals surface area contributed by atoms with Crippen LogP contribution in [0.25, 0.3) is 0 Å². The molecule has 0 atom stereocenters. The third-order valence-electron chi connectivity index (χ3n) is 2.66. The molecule has 1 rings (SSSR count). The Bertz CT molecular complexity index is 355. The first-order chi connectivity index (χ1) is 7.29. The number of hydrogen-bond acceptors (Lipinski definition) is 2. The van der Waals surface area contributed by atoms with Crippen molar-refractivity contribution in [2.24, 2.45) is 5.73 Å². The molecule has 16 heavy (non-hydrogen) atoms. The summed E-state index contributed by atoms with van der Waals surface area (Å²) in [5.41, 5.74) is 8.28. The maximum atomic E-state index is 5.98. The van der Waals surface area contributed by atoms with Gasteiger partial charge in [-0.1, -0.05) is 11.6 Å². The van der Waals surface area contributed by atoms with Crippen molar-refractivity contribution in [3.05, 3.63) is 28.8 Å². The van der Waals surface area contributed by atoms with Crippen LogP contribution in [0.15, 0.2) is 18.2 Å². The molecule has 0 radical (unpaired) electrons. The molecular formula is C13H21ClN2. The lowest BCUT2D eigenvalue weighted by Gasteiger charge is -2.26. The van der Waals surface area contributed by atoms with E-state index in [4.69, 9.17) is 17.3 Å². The minimum Gasteiger partial charge on any atom is -0.374 e. The second-order valence-corrected chi connectivity index (χ2v) is 5.53. The number of anilines is 1. The maximum Gasteiger partial charge on any atom is 0.0410 e. The van der Waals surface area contributed by atoms with Gasteiger partial charge >= 0.3 is 0 Å². The van der Waals surface area contributed by atoms with E-state index in [1.165, 1.54) is 11.3 Å². The van der Waals surface area contributed by atoms with E-state index in [1.807, 2.05) is 12.1 Å². The molecule has 0 aromatic heterocycles. The molecule has 0 unspecified atom stereocenters. The summed E-state index contributed by atoms with van der Waals surface area (Å²) < 4.78 is 0. The summed E-state index contributed by atoms with van der Waals surface area (Å²) in [5, 5.41) is 0.786.